The van der Waals surface area contributed by atoms with Crippen LogP contribution in [-0.2, 0) is 29.7 Å². The highest BCUT2D eigenvalue weighted by molar-refractivity contribution is 6.05. The summed E-state index contributed by atoms with van der Waals surface area (Å²) in [6.07, 6.45) is 0.617. The Balaban J connectivity index is 1.27. The smallest absolute Gasteiger partial charge is 0.255 e. The first-order valence-corrected chi connectivity index (χ1v) is 10.1. The van der Waals surface area contributed by atoms with E-state index in [1.807, 2.05) is 25.2 Å². The molecule has 2 aromatic rings. The molecule has 156 valence electrons. The first-order chi connectivity index (χ1) is 14.5. The molecule has 0 spiro atoms. The summed E-state index contributed by atoms with van der Waals surface area (Å²) in [5.74, 6) is 1.09. The first kappa shape index (κ1) is 18.7. The minimum absolute atomic E-state index is 0.161. The summed E-state index contributed by atoms with van der Waals surface area (Å²) in [5.41, 5.74) is 2.52. The molecule has 0 saturated carbocycles. The fourth-order valence-corrected chi connectivity index (χ4v) is 4.12. The van der Waals surface area contributed by atoms with Crippen LogP contribution >= 0.6 is 0 Å². The molecular formula is C20H23N7O3. The zero-order valence-electron chi connectivity index (χ0n) is 16.6. The van der Waals surface area contributed by atoms with Gasteiger partial charge in [0.2, 0.25) is 17.8 Å². The molecule has 3 amide bonds. The van der Waals surface area contributed by atoms with E-state index in [-0.39, 0.29) is 18.2 Å². The Bertz CT molecular complexity index is 1040. The van der Waals surface area contributed by atoms with E-state index in [0.29, 0.717) is 36.9 Å². The third-order valence-corrected chi connectivity index (χ3v) is 5.96. The van der Waals surface area contributed by atoms with Gasteiger partial charge >= 0.3 is 0 Å². The summed E-state index contributed by atoms with van der Waals surface area (Å²) in [6, 6.07) is 5.11. The van der Waals surface area contributed by atoms with Gasteiger partial charge in [-0.3, -0.25) is 19.7 Å². The Hall–Kier alpha value is -3.27. The molecule has 3 aliphatic rings. The lowest BCUT2D eigenvalue weighted by Crippen LogP contribution is -2.52. The standard InChI is InChI=1S/C20H23N7O3/c1-26-20(24-17(25-26)13-8-21-9-13)22-7-11-2-3-14-12(6-11)10-27(19(14)30)15-4-5-16(28)23-18(15)29/h2-3,6,13,15,21H,4-5,7-10H2,1H3,(H,22,24,25)(H,23,28,29). The molecule has 10 heteroatoms. The summed E-state index contributed by atoms with van der Waals surface area (Å²) in [6.45, 7) is 2.74. The van der Waals surface area contributed by atoms with E-state index in [1.165, 1.54) is 0 Å². The average Bonchev–Trinajstić information content (AvgIpc) is 3.18. The van der Waals surface area contributed by atoms with Gasteiger partial charge in [-0.1, -0.05) is 12.1 Å². The van der Waals surface area contributed by atoms with Crippen molar-refractivity contribution in [1.29, 1.82) is 0 Å². The Morgan fingerprint density at radius 2 is 2.07 bits per heavy atom. The van der Waals surface area contributed by atoms with Gasteiger partial charge in [0.1, 0.15) is 6.04 Å². The summed E-state index contributed by atoms with van der Waals surface area (Å²) in [5, 5.41) is 13.3. The predicted molar refractivity (Wildman–Crippen MR) is 106 cm³/mol. The number of aromatic nitrogens is 3. The number of amides is 3. The molecule has 0 aliphatic carbocycles. The maximum Gasteiger partial charge on any atom is 0.255 e. The molecule has 0 radical (unpaired) electrons. The van der Waals surface area contributed by atoms with E-state index >= 15 is 0 Å². The van der Waals surface area contributed by atoms with E-state index < -0.39 is 11.9 Å². The molecule has 2 fully saturated rings. The summed E-state index contributed by atoms with van der Waals surface area (Å²) in [4.78, 5) is 42.5. The predicted octanol–water partition coefficient (Wildman–Crippen LogP) is -0.125. The second-order valence-electron chi connectivity index (χ2n) is 8.02. The normalized spacial score (nSPS) is 21.4. The van der Waals surface area contributed by atoms with Gasteiger partial charge in [-0.2, -0.15) is 10.1 Å². The maximum atomic E-state index is 12.8. The molecule has 1 unspecified atom stereocenters. The monoisotopic (exact) mass is 409 g/mol. The molecule has 4 heterocycles. The van der Waals surface area contributed by atoms with E-state index in [0.717, 1.165) is 30.0 Å². The van der Waals surface area contributed by atoms with Crippen LogP contribution in [0.4, 0.5) is 5.95 Å². The van der Waals surface area contributed by atoms with Crippen molar-refractivity contribution in [3.63, 3.8) is 0 Å². The highest BCUT2D eigenvalue weighted by Gasteiger charge is 2.39. The molecule has 3 aliphatic heterocycles. The van der Waals surface area contributed by atoms with Crippen molar-refractivity contribution >= 4 is 23.7 Å². The van der Waals surface area contributed by atoms with Crippen LogP contribution in [-0.4, -0.2) is 56.5 Å². The number of hydrogen-bond acceptors (Lipinski definition) is 7. The summed E-state index contributed by atoms with van der Waals surface area (Å²) < 4.78 is 1.75. The number of benzene rings is 1. The van der Waals surface area contributed by atoms with Gasteiger partial charge in [0.05, 0.1) is 0 Å². The largest absolute Gasteiger partial charge is 0.350 e. The van der Waals surface area contributed by atoms with Gasteiger partial charge in [0.15, 0.2) is 5.82 Å². The van der Waals surface area contributed by atoms with Crippen LogP contribution in [0.25, 0.3) is 0 Å². The number of hydrogen-bond donors (Lipinski definition) is 3. The third-order valence-electron chi connectivity index (χ3n) is 5.96. The average molecular weight is 409 g/mol. The van der Waals surface area contributed by atoms with Gasteiger partial charge in [-0.25, -0.2) is 4.68 Å². The fraction of sp³-hybridized carbons (Fsp3) is 0.450. The van der Waals surface area contributed by atoms with Crippen LogP contribution in [0.1, 0.15) is 46.1 Å². The number of fused-ring (bicyclic) bond motifs is 1. The number of carbonyl (C=O) groups is 3. The van der Waals surface area contributed by atoms with Gasteiger partial charge in [0.25, 0.3) is 5.91 Å². The Labute approximate surface area is 173 Å². The van der Waals surface area contributed by atoms with Crippen LogP contribution in [0.3, 0.4) is 0 Å². The lowest BCUT2D eigenvalue weighted by Gasteiger charge is -2.29. The van der Waals surface area contributed by atoms with Crippen molar-refractivity contribution in [2.45, 2.75) is 37.9 Å². The van der Waals surface area contributed by atoms with Crippen molar-refractivity contribution in [1.82, 2.24) is 30.3 Å². The Morgan fingerprint density at radius 3 is 2.80 bits per heavy atom. The van der Waals surface area contributed by atoms with Gasteiger partial charge in [-0.15, -0.1) is 0 Å². The second-order valence-corrected chi connectivity index (χ2v) is 8.02. The lowest BCUT2D eigenvalue weighted by atomic mass is 10.0. The van der Waals surface area contributed by atoms with Crippen LogP contribution in [0.2, 0.25) is 0 Å². The summed E-state index contributed by atoms with van der Waals surface area (Å²) in [7, 11) is 1.87. The van der Waals surface area contributed by atoms with Crippen LogP contribution < -0.4 is 16.0 Å². The fourth-order valence-electron chi connectivity index (χ4n) is 4.12. The summed E-state index contributed by atoms with van der Waals surface area (Å²) >= 11 is 0. The zero-order chi connectivity index (χ0) is 20.8. The number of aryl methyl sites for hydroxylation is 1. The number of imide groups is 1. The van der Waals surface area contributed by atoms with Gasteiger partial charge in [-0.05, 0) is 23.6 Å². The molecule has 1 atom stereocenters. The molecule has 3 N–H and O–H groups in total. The molecule has 5 rings (SSSR count). The minimum atomic E-state index is -0.595. The number of nitrogens with one attached hydrogen (secondary N) is 3. The van der Waals surface area contributed by atoms with E-state index in [1.54, 1.807) is 9.58 Å². The van der Waals surface area contributed by atoms with Crippen molar-refractivity contribution < 1.29 is 14.4 Å². The van der Waals surface area contributed by atoms with E-state index in [9.17, 15) is 14.4 Å². The molecule has 30 heavy (non-hydrogen) atoms. The quantitative estimate of drug-likeness (QED) is 0.589. The maximum absolute atomic E-state index is 12.8. The first-order valence-electron chi connectivity index (χ1n) is 10.1. The van der Waals surface area contributed by atoms with Gasteiger partial charge < -0.3 is 15.5 Å². The zero-order valence-corrected chi connectivity index (χ0v) is 16.6. The number of anilines is 1. The third kappa shape index (κ3) is 3.22. The molecule has 1 aromatic carbocycles. The number of carbonyl (C=O) groups excluding carboxylic acids is 3. The Morgan fingerprint density at radius 1 is 1.23 bits per heavy atom. The van der Waals surface area contributed by atoms with E-state index in [2.05, 4.69) is 26.0 Å². The van der Waals surface area contributed by atoms with Crippen molar-refractivity contribution in [2.75, 3.05) is 18.4 Å². The van der Waals surface area contributed by atoms with Crippen LogP contribution in [0.15, 0.2) is 18.2 Å². The van der Waals surface area contributed by atoms with Crippen molar-refractivity contribution in [2.24, 2.45) is 7.05 Å². The number of piperidine rings is 1. The molecule has 1 aromatic heterocycles. The topological polar surface area (TPSA) is 121 Å². The number of nitrogens with zero attached hydrogens (tertiary/aromatic N) is 4. The molecule has 2 saturated heterocycles. The molecule has 10 nitrogen and oxygen atoms in total. The Kier molecular flexibility index (Phi) is 4.50. The SMILES string of the molecule is Cn1nc(C2CNC2)nc1NCc1ccc2c(c1)CN(C1CCC(=O)NC1=O)C2=O. The van der Waals surface area contributed by atoms with Crippen molar-refractivity contribution in [3.05, 3.63) is 40.7 Å². The van der Waals surface area contributed by atoms with Crippen molar-refractivity contribution in [3.8, 4) is 0 Å². The second kappa shape index (κ2) is 7.21. The number of rotatable bonds is 5. The van der Waals surface area contributed by atoms with Crippen LogP contribution in [0, 0.1) is 0 Å². The van der Waals surface area contributed by atoms with E-state index in [4.69, 9.17) is 0 Å². The lowest BCUT2D eigenvalue weighted by molar-refractivity contribution is -0.136. The highest BCUT2D eigenvalue weighted by atomic mass is 16.2. The molecule has 0 bridgehead atoms. The van der Waals surface area contributed by atoms with Gasteiger partial charge in [0, 0.05) is 51.1 Å². The molecular weight excluding hydrogens is 386 g/mol. The highest BCUT2D eigenvalue weighted by Crippen LogP contribution is 2.28. The van der Waals surface area contributed by atoms with Crippen LogP contribution in [0.5, 0.6) is 0 Å². The minimum Gasteiger partial charge on any atom is -0.350 e.